The fraction of sp³-hybridized carbons (Fsp3) is 0.385. The van der Waals surface area contributed by atoms with Crippen molar-refractivity contribution in [2.45, 2.75) is 32.5 Å². The van der Waals surface area contributed by atoms with Crippen LogP contribution in [0.25, 0.3) is 0 Å². The second-order valence-corrected chi connectivity index (χ2v) is 9.57. The first-order chi connectivity index (χ1) is 18.7. The maximum Gasteiger partial charge on any atom is 0.321 e. The molecular formula is C26H32N8O5. The molecule has 206 valence electrons. The zero-order chi connectivity index (χ0) is 27.9. The van der Waals surface area contributed by atoms with Gasteiger partial charge in [0.05, 0.1) is 24.8 Å². The van der Waals surface area contributed by atoms with Crippen molar-refractivity contribution in [1.29, 1.82) is 0 Å². The fourth-order valence-electron chi connectivity index (χ4n) is 4.21. The number of ether oxygens (including phenoxy) is 1. The number of tetrazole rings is 1. The predicted molar refractivity (Wildman–Crippen MR) is 142 cm³/mol. The van der Waals surface area contributed by atoms with Gasteiger partial charge in [-0.3, -0.25) is 9.59 Å². The summed E-state index contributed by atoms with van der Waals surface area (Å²) in [6, 6.07) is 13.2. The molecule has 39 heavy (non-hydrogen) atoms. The number of benzene rings is 2. The van der Waals surface area contributed by atoms with Gasteiger partial charge in [-0.15, -0.1) is 5.10 Å². The van der Waals surface area contributed by atoms with Crippen molar-refractivity contribution < 1.29 is 24.2 Å². The van der Waals surface area contributed by atoms with Crippen LogP contribution in [0.1, 0.15) is 24.2 Å². The highest BCUT2D eigenvalue weighted by Crippen LogP contribution is 2.30. The molecule has 13 nitrogen and oxygen atoms in total. The van der Waals surface area contributed by atoms with E-state index in [0.29, 0.717) is 23.7 Å². The molecule has 0 saturated heterocycles. The van der Waals surface area contributed by atoms with Crippen LogP contribution in [0.2, 0.25) is 0 Å². The van der Waals surface area contributed by atoms with Gasteiger partial charge < -0.3 is 30.3 Å². The van der Waals surface area contributed by atoms with E-state index in [9.17, 15) is 19.5 Å². The number of aliphatic hydroxyl groups excluding tert-OH is 1. The summed E-state index contributed by atoms with van der Waals surface area (Å²) >= 11 is 0. The zero-order valence-corrected chi connectivity index (χ0v) is 22.0. The number of rotatable bonds is 8. The Labute approximate surface area is 225 Å². The van der Waals surface area contributed by atoms with Crippen LogP contribution in [0.15, 0.2) is 54.9 Å². The number of amides is 4. The molecule has 0 radical (unpaired) electrons. The number of nitrogens with one attached hydrogen (secondary N) is 2. The molecule has 0 spiro atoms. The summed E-state index contributed by atoms with van der Waals surface area (Å²) in [6.07, 6.45) is 0.862. The van der Waals surface area contributed by atoms with Crippen molar-refractivity contribution in [2.24, 2.45) is 5.92 Å². The zero-order valence-electron chi connectivity index (χ0n) is 22.0. The Morgan fingerprint density at radius 3 is 2.64 bits per heavy atom. The van der Waals surface area contributed by atoms with Gasteiger partial charge in [-0.2, -0.15) is 0 Å². The number of hydrogen-bond donors (Lipinski definition) is 3. The third-order valence-corrected chi connectivity index (χ3v) is 6.47. The molecule has 0 aliphatic carbocycles. The molecule has 3 aromatic rings. The summed E-state index contributed by atoms with van der Waals surface area (Å²) < 4.78 is 7.60. The molecule has 2 heterocycles. The number of para-hydroxylation sites is 1. The average molecular weight is 537 g/mol. The molecular weight excluding hydrogens is 504 g/mol. The Hall–Kier alpha value is -4.52. The van der Waals surface area contributed by atoms with Crippen molar-refractivity contribution in [3.63, 3.8) is 0 Å². The smallest absolute Gasteiger partial charge is 0.321 e. The lowest BCUT2D eigenvalue weighted by molar-refractivity contribution is -0.116. The van der Waals surface area contributed by atoms with E-state index < -0.39 is 12.1 Å². The monoisotopic (exact) mass is 536 g/mol. The minimum Gasteiger partial charge on any atom is -0.487 e. The van der Waals surface area contributed by atoms with Gasteiger partial charge in [0.25, 0.3) is 5.91 Å². The summed E-state index contributed by atoms with van der Waals surface area (Å²) in [5, 5.41) is 26.1. The predicted octanol–water partition coefficient (Wildman–Crippen LogP) is 1.70. The molecule has 1 aliphatic rings. The lowest BCUT2D eigenvalue weighted by Crippen LogP contribution is -2.50. The van der Waals surface area contributed by atoms with Gasteiger partial charge in [-0.25, -0.2) is 9.48 Å². The standard InChI is InChI=1S/C26H32N8O5/c1-17-12-34(18(2)15-35)25(37)21-11-20(28-24(36)14-33-16-27-30-31-33)9-10-22(21)39-23(17)13-32(3)26(38)29-19-7-5-4-6-8-19/h4-11,16-18,23,35H,12-15H2,1-3H3,(H,28,36)(H,29,38)/t17-,18-,23+/m0/s1. The fourth-order valence-corrected chi connectivity index (χ4v) is 4.21. The lowest BCUT2D eigenvalue weighted by Gasteiger charge is -2.38. The van der Waals surface area contributed by atoms with Crippen LogP contribution in [0.4, 0.5) is 16.2 Å². The van der Waals surface area contributed by atoms with E-state index in [1.54, 1.807) is 49.2 Å². The normalized spacial score (nSPS) is 17.7. The van der Waals surface area contributed by atoms with Crippen LogP contribution >= 0.6 is 0 Å². The highest BCUT2D eigenvalue weighted by Gasteiger charge is 2.34. The number of urea groups is 1. The van der Waals surface area contributed by atoms with E-state index >= 15 is 0 Å². The highest BCUT2D eigenvalue weighted by atomic mass is 16.5. The van der Waals surface area contributed by atoms with E-state index in [0.717, 1.165) is 0 Å². The molecule has 13 heteroatoms. The first-order valence-electron chi connectivity index (χ1n) is 12.6. The van der Waals surface area contributed by atoms with Crippen LogP contribution in [0.5, 0.6) is 5.75 Å². The maximum atomic E-state index is 13.6. The SMILES string of the molecule is C[C@H]1CN([C@@H](C)CO)C(=O)c2cc(NC(=O)Cn3cnnn3)ccc2O[C@@H]1CN(C)C(=O)Nc1ccccc1. The van der Waals surface area contributed by atoms with Gasteiger partial charge >= 0.3 is 6.03 Å². The Kier molecular flexibility index (Phi) is 8.71. The number of likely N-dealkylation sites (N-methyl/N-ethyl adjacent to an activating group) is 1. The third kappa shape index (κ3) is 6.87. The first kappa shape index (κ1) is 27.5. The van der Waals surface area contributed by atoms with Crippen LogP contribution in [-0.4, -0.2) is 91.8 Å². The van der Waals surface area contributed by atoms with Gasteiger partial charge in [0.2, 0.25) is 5.91 Å². The number of carbonyl (C=O) groups excluding carboxylic acids is 3. The molecule has 4 amide bonds. The molecule has 3 atom stereocenters. The number of aromatic nitrogens is 4. The summed E-state index contributed by atoms with van der Waals surface area (Å²) in [5.74, 6) is -0.552. The van der Waals surface area contributed by atoms with Gasteiger partial charge in [-0.05, 0) is 47.7 Å². The van der Waals surface area contributed by atoms with Crippen molar-refractivity contribution in [3.8, 4) is 5.75 Å². The minimum absolute atomic E-state index is 0.0980. The Morgan fingerprint density at radius 2 is 1.95 bits per heavy atom. The topological polar surface area (TPSA) is 155 Å². The van der Waals surface area contributed by atoms with Crippen LogP contribution in [0, 0.1) is 5.92 Å². The van der Waals surface area contributed by atoms with Crippen molar-refractivity contribution in [1.82, 2.24) is 30.0 Å². The first-order valence-corrected chi connectivity index (χ1v) is 12.6. The number of nitrogens with zero attached hydrogens (tertiary/aromatic N) is 6. The number of anilines is 2. The number of carbonyl (C=O) groups is 3. The maximum absolute atomic E-state index is 13.6. The number of aliphatic hydroxyl groups is 1. The Balaban J connectivity index is 1.55. The largest absolute Gasteiger partial charge is 0.487 e. The molecule has 1 aliphatic heterocycles. The van der Waals surface area contributed by atoms with E-state index in [1.807, 2.05) is 25.1 Å². The minimum atomic E-state index is -0.461. The van der Waals surface area contributed by atoms with E-state index in [2.05, 4.69) is 26.2 Å². The van der Waals surface area contributed by atoms with E-state index in [-0.39, 0.29) is 49.0 Å². The summed E-state index contributed by atoms with van der Waals surface area (Å²) in [5.41, 5.74) is 1.31. The molecule has 2 aromatic carbocycles. The quantitative estimate of drug-likeness (QED) is 0.393. The average Bonchev–Trinajstić information content (AvgIpc) is 3.43. The number of fused-ring (bicyclic) bond motifs is 1. The lowest BCUT2D eigenvalue weighted by atomic mass is 9.99. The highest BCUT2D eigenvalue weighted by molar-refractivity contribution is 6.00. The summed E-state index contributed by atoms with van der Waals surface area (Å²) in [4.78, 5) is 42.0. The van der Waals surface area contributed by atoms with Gasteiger partial charge in [-0.1, -0.05) is 25.1 Å². The van der Waals surface area contributed by atoms with Crippen molar-refractivity contribution in [2.75, 3.05) is 37.4 Å². The molecule has 3 N–H and O–H groups in total. The summed E-state index contributed by atoms with van der Waals surface area (Å²) in [7, 11) is 1.68. The van der Waals surface area contributed by atoms with Gasteiger partial charge in [0, 0.05) is 30.9 Å². The van der Waals surface area contributed by atoms with Crippen molar-refractivity contribution in [3.05, 3.63) is 60.4 Å². The third-order valence-electron chi connectivity index (χ3n) is 6.47. The molecule has 0 fully saturated rings. The molecule has 1 aromatic heterocycles. The van der Waals surface area contributed by atoms with Gasteiger partial charge in [0.15, 0.2) is 0 Å². The van der Waals surface area contributed by atoms with E-state index in [4.69, 9.17) is 4.74 Å². The van der Waals surface area contributed by atoms with Crippen LogP contribution < -0.4 is 15.4 Å². The number of hydrogen-bond acceptors (Lipinski definition) is 8. The molecule has 4 rings (SSSR count). The molecule has 0 bridgehead atoms. The van der Waals surface area contributed by atoms with Crippen molar-refractivity contribution >= 4 is 29.2 Å². The Morgan fingerprint density at radius 1 is 1.18 bits per heavy atom. The van der Waals surface area contributed by atoms with Crippen LogP contribution in [0.3, 0.4) is 0 Å². The van der Waals surface area contributed by atoms with E-state index in [1.165, 1.54) is 15.9 Å². The second-order valence-electron chi connectivity index (χ2n) is 9.57. The second kappa shape index (κ2) is 12.3. The van der Waals surface area contributed by atoms with Crippen LogP contribution in [-0.2, 0) is 11.3 Å². The Bertz CT molecular complexity index is 1290. The van der Waals surface area contributed by atoms with Gasteiger partial charge in [0.1, 0.15) is 24.7 Å². The molecule has 0 unspecified atom stereocenters. The summed E-state index contributed by atoms with van der Waals surface area (Å²) in [6.45, 7) is 3.93. The molecule has 0 saturated carbocycles.